The van der Waals surface area contributed by atoms with E-state index in [-0.39, 0.29) is 0 Å². The van der Waals surface area contributed by atoms with Crippen molar-refractivity contribution in [3.63, 3.8) is 0 Å². The lowest BCUT2D eigenvalue weighted by molar-refractivity contribution is 0.408. The number of para-hydroxylation sites is 2. The van der Waals surface area contributed by atoms with Gasteiger partial charge in [-0.05, 0) is 18.2 Å². The number of ether oxygens (including phenoxy) is 1. The van der Waals surface area contributed by atoms with Gasteiger partial charge in [0, 0.05) is 5.56 Å². The molecule has 5 heteroatoms. The van der Waals surface area contributed by atoms with Crippen LogP contribution < -0.4 is 10.5 Å². The molecule has 0 saturated carbocycles. The summed E-state index contributed by atoms with van der Waals surface area (Å²) in [7, 11) is 1.66. The smallest absolute Gasteiger partial charge is 0.201 e. The van der Waals surface area contributed by atoms with Crippen LogP contribution in [0.15, 0.2) is 42.5 Å². The standard InChI is InChI=1S/C15H14ClN3O/c1-20-13-8-3-2-5-10(13)9-19-12-7-4-6-11(16)14(12)18-15(19)17/h2-8H,9H2,1H3,(H2,17,18). The van der Waals surface area contributed by atoms with Crippen molar-refractivity contribution in [1.29, 1.82) is 0 Å². The Morgan fingerprint density at radius 1 is 1.20 bits per heavy atom. The van der Waals surface area contributed by atoms with Crippen LogP contribution >= 0.6 is 11.6 Å². The first-order valence-corrected chi connectivity index (χ1v) is 6.60. The minimum Gasteiger partial charge on any atom is -0.496 e. The van der Waals surface area contributed by atoms with Gasteiger partial charge in [0.15, 0.2) is 0 Å². The Hall–Kier alpha value is -2.20. The summed E-state index contributed by atoms with van der Waals surface area (Å²) in [6.45, 7) is 0.590. The molecule has 0 atom stereocenters. The van der Waals surface area contributed by atoms with Gasteiger partial charge in [-0.2, -0.15) is 0 Å². The molecule has 2 N–H and O–H groups in total. The van der Waals surface area contributed by atoms with Crippen LogP contribution in [0.2, 0.25) is 5.02 Å². The van der Waals surface area contributed by atoms with Crippen LogP contribution in [0, 0.1) is 0 Å². The Morgan fingerprint density at radius 3 is 2.80 bits per heavy atom. The molecule has 20 heavy (non-hydrogen) atoms. The largest absolute Gasteiger partial charge is 0.496 e. The number of nitrogens with zero attached hydrogens (tertiary/aromatic N) is 2. The summed E-state index contributed by atoms with van der Waals surface area (Å²) in [5.41, 5.74) is 8.70. The number of hydrogen-bond donors (Lipinski definition) is 1. The molecule has 1 aromatic heterocycles. The zero-order chi connectivity index (χ0) is 14.1. The Kier molecular flexibility index (Phi) is 3.24. The van der Waals surface area contributed by atoms with Crippen molar-refractivity contribution < 1.29 is 4.74 Å². The van der Waals surface area contributed by atoms with Crippen LogP contribution in [0.3, 0.4) is 0 Å². The third kappa shape index (κ3) is 2.08. The van der Waals surface area contributed by atoms with Gasteiger partial charge in [0.05, 0.1) is 24.2 Å². The number of hydrogen-bond acceptors (Lipinski definition) is 3. The molecule has 102 valence electrons. The predicted octanol–water partition coefficient (Wildman–Crippen LogP) is 3.33. The average molecular weight is 288 g/mol. The SMILES string of the molecule is COc1ccccc1Cn1c(N)nc2c(Cl)cccc21. The van der Waals surface area contributed by atoms with E-state index in [0.717, 1.165) is 22.3 Å². The number of nitrogens with two attached hydrogens (primary N) is 1. The highest BCUT2D eigenvalue weighted by atomic mass is 35.5. The first-order valence-electron chi connectivity index (χ1n) is 6.23. The molecule has 0 spiro atoms. The van der Waals surface area contributed by atoms with E-state index in [1.807, 2.05) is 47.0 Å². The zero-order valence-corrected chi connectivity index (χ0v) is 11.8. The van der Waals surface area contributed by atoms with E-state index >= 15 is 0 Å². The first-order chi connectivity index (χ1) is 9.70. The topological polar surface area (TPSA) is 53.1 Å². The van der Waals surface area contributed by atoms with Crippen molar-refractivity contribution in [2.45, 2.75) is 6.54 Å². The van der Waals surface area contributed by atoms with Crippen molar-refractivity contribution in [3.8, 4) is 5.75 Å². The maximum atomic E-state index is 6.15. The molecule has 0 aliphatic rings. The molecule has 4 nitrogen and oxygen atoms in total. The van der Waals surface area contributed by atoms with Crippen LogP contribution in [0.25, 0.3) is 11.0 Å². The second kappa shape index (κ2) is 5.06. The van der Waals surface area contributed by atoms with Gasteiger partial charge in [-0.15, -0.1) is 0 Å². The summed E-state index contributed by atoms with van der Waals surface area (Å²) >= 11 is 6.15. The fourth-order valence-electron chi connectivity index (χ4n) is 2.30. The van der Waals surface area contributed by atoms with E-state index in [1.54, 1.807) is 7.11 Å². The lowest BCUT2D eigenvalue weighted by Gasteiger charge is -2.10. The lowest BCUT2D eigenvalue weighted by Crippen LogP contribution is -2.05. The summed E-state index contributed by atoms with van der Waals surface area (Å²) in [4.78, 5) is 4.33. The van der Waals surface area contributed by atoms with Crippen molar-refractivity contribution in [1.82, 2.24) is 9.55 Å². The maximum Gasteiger partial charge on any atom is 0.201 e. The number of nitrogen functional groups attached to an aromatic ring is 1. The van der Waals surface area contributed by atoms with Crippen LogP contribution in [0.1, 0.15) is 5.56 Å². The molecular formula is C15H14ClN3O. The van der Waals surface area contributed by atoms with E-state index in [2.05, 4.69) is 4.98 Å². The van der Waals surface area contributed by atoms with Gasteiger partial charge < -0.3 is 15.0 Å². The molecule has 0 radical (unpaired) electrons. The van der Waals surface area contributed by atoms with E-state index in [1.165, 1.54) is 0 Å². The average Bonchev–Trinajstić information content (AvgIpc) is 2.78. The zero-order valence-electron chi connectivity index (χ0n) is 11.0. The van der Waals surface area contributed by atoms with Crippen molar-refractivity contribution in [3.05, 3.63) is 53.1 Å². The predicted molar refractivity (Wildman–Crippen MR) is 81.3 cm³/mol. The molecule has 0 fully saturated rings. The summed E-state index contributed by atoms with van der Waals surface area (Å²) < 4.78 is 7.30. The first kappa shape index (κ1) is 12.8. The summed E-state index contributed by atoms with van der Waals surface area (Å²) in [5.74, 6) is 1.27. The number of rotatable bonds is 3. The molecular weight excluding hydrogens is 274 g/mol. The lowest BCUT2D eigenvalue weighted by atomic mass is 10.2. The van der Waals surface area contributed by atoms with Crippen LogP contribution in [0.4, 0.5) is 5.95 Å². The molecule has 2 aromatic carbocycles. The molecule has 0 saturated heterocycles. The monoisotopic (exact) mass is 287 g/mol. The quantitative estimate of drug-likeness (QED) is 0.804. The maximum absolute atomic E-state index is 6.15. The molecule has 3 rings (SSSR count). The minimum absolute atomic E-state index is 0.444. The fourth-order valence-corrected chi connectivity index (χ4v) is 2.51. The van der Waals surface area contributed by atoms with Crippen molar-refractivity contribution in [2.75, 3.05) is 12.8 Å². The Bertz CT molecular complexity index is 767. The van der Waals surface area contributed by atoms with Crippen molar-refractivity contribution >= 4 is 28.6 Å². The van der Waals surface area contributed by atoms with Gasteiger partial charge in [-0.1, -0.05) is 35.9 Å². The summed E-state index contributed by atoms with van der Waals surface area (Å²) in [5, 5.41) is 0.605. The third-order valence-electron chi connectivity index (χ3n) is 3.28. The number of benzene rings is 2. The van der Waals surface area contributed by atoms with Gasteiger partial charge in [0.25, 0.3) is 0 Å². The second-order valence-corrected chi connectivity index (χ2v) is 4.88. The van der Waals surface area contributed by atoms with E-state index in [4.69, 9.17) is 22.1 Å². The van der Waals surface area contributed by atoms with Gasteiger partial charge in [0.1, 0.15) is 11.3 Å². The normalized spacial score (nSPS) is 10.9. The Balaban J connectivity index is 2.11. The number of halogens is 1. The second-order valence-electron chi connectivity index (χ2n) is 4.48. The molecule has 0 aliphatic carbocycles. The molecule has 0 bridgehead atoms. The van der Waals surface area contributed by atoms with Gasteiger partial charge in [-0.25, -0.2) is 4.98 Å². The molecule has 3 aromatic rings. The van der Waals surface area contributed by atoms with Crippen LogP contribution in [-0.4, -0.2) is 16.7 Å². The Morgan fingerprint density at radius 2 is 2.00 bits per heavy atom. The molecule has 1 heterocycles. The van der Waals surface area contributed by atoms with Gasteiger partial charge in [0.2, 0.25) is 5.95 Å². The van der Waals surface area contributed by atoms with E-state index < -0.39 is 0 Å². The minimum atomic E-state index is 0.444. The van der Waals surface area contributed by atoms with Gasteiger partial charge in [-0.3, -0.25) is 0 Å². The highest BCUT2D eigenvalue weighted by Crippen LogP contribution is 2.27. The van der Waals surface area contributed by atoms with Crippen molar-refractivity contribution in [2.24, 2.45) is 0 Å². The number of anilines is 1. The Labute approximate surface area is 121 Å². The number of fused-ring (bicyclic) bond motifs is 1. The highest BCUT2D eigenvalue weighted by molar-refractivity contribution is 6.35. The van der Waals surface area contributed by atoms with E-state index in [9.17, 15) is 0 Å². The highest BCUT2D eigenvalue weighted by Gasteiger charge is 2.12. The number of imidazole rings is 1. The molecule has 0 unspecified atom stereocenters. The molecule has 0 amide bonds. The summed E-state index contributed by atoms with van der Waals surface area (Å²) in [6, 6.07) is 13.5. The van der Waals surface area contributed by atoms with Crippen LogP contribution in [-0.2, 0) is 6.54 Å². The summed E-state index contributed by atoms with van der Waals surface area (Å²) in [6.07, 6.45) is 0. The van der Waals surface area contributed by atoms with Gasteiger partial charge >= 0.3 is 0 Å². The number of aromatic nitrogens is 2. The fraction of sp³-hybridized carbons (Fsp3) is 0.133. The van der Waals surface area contributed by atoms with Crippen LogP contribution in [0.5, 0.6) is 5.75 Å². The third-order valence-corrected chi connectivity index (χ3v) is 3.59. The number of methoxy groups -OCH3 is 1. The molecule has 0 aliphatic heterocycles. The van der Waals surface area contributed by atoms with E-state index in [0.29, 0.717) is 17.5 Å².